The highest BCUT2D eigenvalue weighted by atomic mass is 16.2. The summed E-state index contributed by atoms with van der Waals surface area (Å²) >= 11 is 0. The van der Waals surface area contributed by atoms with Gasteiger partial charge in [-0.25, -0.2) is 4.79 Å². The number of aryl methyl sites for hydroxylation is 2. The Labute approximate surface area is 193 Å². The van der Waals surface area contributed by atoms with Crippen molar-refractivity contribution < 1.29 is 9.59 Å². The molecular weight excluding hydrogens is 412 g/mol. The Kier molecular flexibility index (Phi) is 5.08. The molecule has 0 spiro atoms. The number of amides is 3. The lowest BCUT2D eigenvalue weighted by atomic mass is 9.85. The minimum absolute atomic E-state index is 0.233. The zero-order valence-electron chi connectivity index (χ0n) is 19.0. The molecule has 0 radical (unpaired) electrons. The Morgan fingerprint density at radius 3 is 2.55 bits per heavy atom. The predicted molar refractivity (Wildman–Crippen MR) is 132 cm³/mol. The molecule has 5 rings (SSSR count). The Hall–Kier alpha value is -3.80. The van der Waals surface area contributed by atoms with Gasteiger partial charge in [-0.15, -0.1) is 0 Å². The second-order valence-corrected chi connectivity index (χ2v) is 8.77. The van der Waals surface area contributed by atoms with Crippen LogP contribution in [0.4, 0.5) is 10.5 Å². The number of aromatic nitrogens is 1. The number of benzene rings is 3. The van der Waals surface area contributed by atoms with Crippen molar-refractivity contribution in [3.8, 4) is 0 Å². The van der Waals surface area contributed by atoms with Crippen LogP contribution in [0.3, 0.4) is 0 Å². The summed E-state index contributed by atoms with van der Waals surface area (Å²) < 4.78 is 2.27. The van der Waals surface area contributed by atoms with E-state index in [0.717, 1.165) is 39.5 Å². The van der Waals surface area contributed by atoms with Crippen LogP contribution in [0.15, 0.2) is 66.7 Å². The Balaban J connectivity index is 1.69. The SMILES string of the molecule is CCn1c2ccccc2c2cc(C3(C(=O)Nc4cccc(C)c4)CCCN3C(N)=O)ccc21. The maximum Gasteiger partial charge on any atom is 0.315 e. The van der Waals surface area contributed by atoms with Crippen molar-refractivity contribution in [1.82, 2.24) is 9.47 Å². The molecule has 33 heavy (non-hydrogen) atoms. The molecule has 0 saturated carbocycles. The van der Waals surface area contributed by atoms with Crippen LogP contribution in [0.25, 0.3) is 21.8 Å². The smallest absolute Gasteiger partial charge is 0.315 e. The third kappa shape index (κ3) is 3.25. The summed E-state index contributed by atoms with van der Waals surface area (Å²) in [7, 11) is 0. The van der Waals surface area contributed by atoms with Gasteiger partial charge in [-0.1, -0.05) is 36.4 Å². The van der Waals surface area contributed by atoms with E-state index in [1.54, 1.807) is 0 Å². The summed E-state index contributed by atoms with van der Waals surface area (Å²) in [5.41, 5.74) is 9.46. The van der Waals surface area contributed by atoms with Gasteiger partial charge in [0.25, 0.3) is 5.91 Å². The number of hydrogen-bond acceptors (Lipinski definition) is 2. The van der Waals surface area contributed by atoms with Gasteiger partial charge in [0.05, 0.1) is 0 Å². The molecule has 3 N–H and O–H groups in total. The quantitative estimate of drug-likeness (QED) is 0.461. The normalized spacial score (nSPS) is 18.2. The number of primary amides is 1. The van der Waals surface area contributed by atoms with Crippen molar-refractivity contribution in [2.75, 3.05) is 11.9 Å². The summed E-state index contributed by atoms with van der Waals surface area (Å²) in [6, 6.07) is 21.5. The van der Waals surface area contributed by atoms with E-state index in [1.807, 2.05) is 49.4 Å². The molecule has 0 bridgehead atoms. The lowest BCUT2D eigenvalue weighted by Gasteiger charge is -2.36. The highest BCUT2D eigenvalue weighted by molar-refractivity contribution is 6.09. The summed E-state index contributed by atoms with van der Waals surface area (Å²) in [5.74, 6) is -0.233. The molecule has 1 unspecified atom stereocenters. The molecule has 1 aliphatic heterocycles. The van der Waals surface area contributed by atoms with Crippen LogP contribution in [0.2, 0.25) is 0 Å². The first-order valence-electron chi connectivity index (χ1n) is 11.4. The molecule has 6 nitrogen and oxygen atoms in total. The Bertz CT molecular complexity index is 1390. The number of carbonyl (C=O) groups is 2. The molecule has 1 aliphatic rings. The van der Waals surface area contributed by atoms with Gasteiger partial charge in [0.1, 0.15) is 5.54 Å². The van der Waals surface area contributed by atoms with Crippen molar-refractivity contribution >= 4 is 39.4 Å². The lowest BCUT2D eigenvalue weighted by molar-refractivity contribution is -0.125. The van der Waals surface area contributed by atoms with Crippen LogP contribution < -0.4 is 11.1 Å². The molecule has 3 aromatic carbocycles. The lowest BCUT2D eigenvalue weighted by Crippen LogP contribution is -2.54. The Morgan fingerprint density at radius 1 is 1.00 bits per heavy atom. The molecule has 4 aromatic rings. The second kappa shape index (κ2) is 7.96. The topological polar surface area (TPSA) is 80.4 Å². The second-order valence-electron chi connectivity index (χ2n) is 8.77. The minimum Gasteiger partial charge on any atom is -0.351 e. The van der Waals surface area contributed by atoms with Crippen molar-refractivity contribution in [2.24, 2.45) is 5.73 Å². The first kappa shape index (κ1) is 21.1. The van der Waals surface area contributed by atoms with Crippen LogP contribution in [-0.2, 0) is 16.9 Å². The van der Waals surface area contributed by atoms with E-state index in [9.17, 15) is 9.59 Å². The zero-order chi connectivity index (χ0) is 23.2. The molecule has 6 heteroatoms. The van der Waals surface area contributed by atoms with Gasteiger partial charge < -0.3 is 20.5 Å². The molecule has 1 saturated heterocycles. The number of para-hydroxylation sites is 1. The van der Waals surface area contributed by atoms with E-state index >= 15 is 0 Å². The monoisotopic (exact) mass is 440 g/mol. The molecule has 1 atom stereocenters. The summed E-state index contributed by atoms with van der Waals surface area (Å²) in [4.78, 5) is 27.9. The van der Waals surface area contributed by atoms with Crippen LogP contribution >= 0.6 is 0 Å². The summed E-state index contributed by atoms with van der Waals surface area (Å²) in [6.07, 6.45) is 1.23. The number of carbonyl (C=O) groups excluding carboxylic acids is 2. The highest BCUT2D eigenvalue weighted by Gasteiger charge is 2.50. The Morgan fingerprint density at radius 2 is 1.79 bits per heavy atom. The number of nitrogens with zero attached hydrogens (tertiary/aromatic N) is 2. The van der Waals surface area contributed by atoms with Gasteiger partial charge in [-0.05, 0) is 68.1 Å². The highest BCUT2D eigenvalue weighted by Crippen LogP contribution is 2.42. The van der Waals surface area contributed by atoms with Gasteiger partial charge in [-0.2, -0.15) is 0 Å². The predicted octanol–water partition coefficient (Wildman–Crippen LogP) is 5.13. The van der Waals surface area contributed by atoms with Crippen molar-refractivity contribution in [1.29, 1.82) is 0 Å². The third-order valence-corrected chi connectivity index (χ3v) is 6.86. The number of hydrogen-bond donors (Lipinski definition) is 2. The number of anilines is 1. The van der Waals surface area contributed by atoms with E-state index in [1.165, 1.54) is 4.90 Å². The first-order chi connectivity index (χ1) is 16.0. The van der Waals surface area contributed by atoms with Crippen molar-refractivity contribution in [3.05, 3.63) is 77.9 Å². The number of nitrogens with one attached hydrogen (secondary N) is 1. The number of rotatable bonds is 4. The number of nitrogens with two attached hydrogens (primary N) is 1. The van der Waals surface area contributed by atoms with Gasteiger partial charge >= 0.3 is 6.03 Å². The van der Waals surface area contributed by atoms with Gasteiger partial charge in [0, 0.05) is 40.6 Å². The average Bonchev–Trinajstić information content (AvgIpc) is 3.39. The number of urea groups is 1. The molecular formula is C27H28N4O2. The molecule has 1 aromatic heterocycles. The van der Waals surface area contributed by atoms with Crippen LogP contribution in [0.1, 0.15) is 30.9 Å². The van der Waals surface area contributed by atoms with Gasteiger partial charge in [0.15, 0.2) is 0 Å². The van der Waals surface area contributed by atoms with E-state index in [-0.39, 0.29) is 5.91 Å². The fraction of sp³-hybridized carbons (Fsp3) is 0.259. The first-order valence-corrected chi connectivity index (χ1v) is 11.4. The van der Waals surface area contributed by atoms with Crippen LogP contribution in [0.5, 0.6) is 0 Å². The van der Waals surface area contributed by atoms with E-state index in [4.69, 9.17) is 5.73 Å². The standard InChI is InChI=1S/C27H28N4O2/c1-3-30-23-11-5-4-10-21(23)22-17-19(12-13-24(22)30)27(14-7-15-31(27)26(28)33)25(32)29-20-9-6-8-18(2)16-20/h4-6,8-13,16-17H,3,7,14-15H2,1-2H3,(H2,28,33)(H,29,32). The van der Waals surface area contributed by atoms with Crippen LogP contribution in [0, 0.1) is 6.92 Å². The fourth-order valence-electron chi connectivity index (χ4n) is 5.39. The number of fused-ring (bicyclic) bond motifs is 3. The minimum atomic E-state index is -1.15. The maximum absolute atomic E-state index is 13.9. The molecule has 3 amide bonds. The maximum atomic E-state index is 13.9. The molecule has 1 fully saturated rings. The van der Waals surface area contributed by atoms with E-state index in [0.29, 0.717) is 25.1 Å². The summed E-state index contributed by atoms with van der Waals surface area (Å²) in [5, 5.41) is 5.26. The van der Waals surface area contributed by atoms with Gasteiger partial charge in [0.2, 0.25) is 0 Å². The fourth-order valence-corrected chi connectivity index (χ4v) is 5.39. The van der Waals surface area contributed by atoms with Crippen molar-refractivity contribution in [3.63, 3.8) is 0 Å². The summed E-state index contributed by atoms with van der Waals surface area (Å²) in [6.45, 7) is 5.40. The van der Waals surface area contributed by atoms with Crippen LogP contribution in [-0.4, -0.2) is 28.0 Å². The molecule has 2 heterocycles. The van der Waals surface area contributed by atoms with E-state index in [2.05, 4.69) is 41.1 Å². The zero-order valence-corrected chi connectivity index (χ0v) is 19.0. The van der Waals surface area contributed by atoms with Gasteiger partial charge in [-0.3, -0.25) is 4.79 Å². The van der Waals surface area contributed by atoms with E-state index < -0.39 is 11.6 Å². The molecule has 168 valence electrons. The number of likely N-dealkylation sites (tertiary alicyclic amines) is 1. The average molecular weight is 441 g/mol. The van der Waals surface area contributed by atoms with Crippen molar-refractivity contribution in [2.45, 2.75) is 38.8 Å². The molecule has 0 aliphatic carbocycles. The third-order valence-electron chi connectivity index (χ3n) is 6.86. The largest absolute Gasteiger partial charge is 0.351 e.